The molecule has 1 heterocycles. The second kappa shape index (κ2) is 10.5. The zero-order chi connectivity index (χ0) is 17.9. The number of imidazole rings is 1. The lowest BCUT2D eigenvalue weighted by Crippen LogP contribution is -2.37. The molecule has 0 amide bonds. The molecule has 0 aliphatic rings. The van der Waals surface area contributed by atoms with Gasteiger partial charge in [0.1, 0.15) is 12.4 Å². The van der Waals surface area contributed by atoms with E-state index < -0.39 is 0 Å². The summed E-state index contributed by atoms with van der Waals surface area (Å²) in [7, 11) is 0. The van der Waals surface area contributed by atoms with Crippen molar-refractivity contribution in [2.75, 3.05) is 13.1 Å². The van der Waals surface area contributed by atoms with Crippen molar-refractivity contribution in [1.29, 1.82) is 0 Å². The second-order valence-corrected chi connectivity index (χ2v) is 6.61. The maximum atomic E-state index is 4.69. The van der Waals surface area contributed by atoms with Crippen LogP contribution >= 0.6 is 0 Å². The highest BCUT2D eigenvalue weighted by molar-refractivity contribution is 5.79. The van der Waals surface area contributed by atoms with Crippen LogP contribution in [0.2, 0.25) is 0 Å². The van der Waals surface area contributed by atoms with Crippen molar-refractivity contribution in [3.8, 4) is 0 Å². The van der Waals surface area contributed by atoms with Gasteiger partial charge in [-0.05, 0) is 31.2 Å². The molecule has 0 unspecified atom stereocenters. The van der Waals surface area contributed by atoms with Gasteiger partial charge in [-0.15, -0.1) is 0 Å². The fourth-order valence-corrected chi connectivity index (χ4v) is 2.62. The molecule has 136 valence electrons. The van der Waals surface area contributed by atoms with Crippen molar-refractivity contribution in [3.05, 3.63) is 54.1 Å². The quantitative estimate of drug-likeness (QED) is 0.417. The van der Waals surface area contributed by atoms with Crippen LogP contribution in [0.4, 0.5) is 0 Å². The molecule has 0 bridgehead atoms. The molecule has 0 aliphatic carbocycles. The number of guanidine groups is 1. The van der Waals surface area contributed by atoms with Crippen molar-refractivity contribution in [3.63, 3.8) is 0 Å². The van der Waals surface area contributed by atoms with E-state index >= 15 is 0 Å². The Labute approximate surface area is 151 Å². The molecule has 2 N–H and O–H groups in total. The average Bonchev–Trinajstić information content (AvgIpc) is 3.04. The second-order valence-electron chi connectivity index (χ2n) is 6.61. The van der Waals surface area contributed by atoms with Crippen molar-refractivity contribution in [2.45, 2.75) is 46.7 Å². The Morgan fingerprint density at radius 3 is 2.72 bits per heavy atom. The van der Waals surface area contributed by atoms with Crippen molar-refractivity contribution in [1.82, 2.24) is 20.2 Å². The predicted octanol–water partition coefficient (Wildman–Crippen LogP) is 3.42. The molecular weight excluding hydrogens is 310 g/mol. The molecule has 1 aromatic heterocycles. The van der Waals surface area contributed by atoms with Crippen LogP contribution in [0.15, 0.2) is 47.7 Å². The van der Waals surface area contributed by atoms with Crippen LogP contribution in [-0.4, -0.2) is 28.6 Å². The van der Waals surface area contributed by atoms with E-state index in [9.17, 15) is 0 Å². The summed E-state index contributed by atoms with van der Waals surface area (Å²) in [6.07, 6.45) is 6.25. The first kappa shape index (κ1) is 19.0. The molecule has 0 saturated carbocycles. The van der Waals surface area contributed by atoms with Crippen molar-refractivity contribution < 1.29 is 0 Å². The van der Waals surface area contributed by atoms with Crippen LogP contribution in [0.1, 0.15) is 45.0 Å². The first-order valence-corrected chi connectivity index (χ1v) is 9.25. The van der Waals surface area contributed by atoms with Crippen LogP contribution in [0, 0.1) is 5.92 Å². The first-order valence-electron chi connectivity index (χ1n) is 9.25. The third kappa shape index (κ3) is 6.99. The molecular formula is C20H31N5. The molecule has 25 heavy (non-hydrogen) atoms. The average molecular weight is 342 g/mol. The monoisotopic (exact) mass is 341 g/mol. The molecule has 5 nitrogen and oxygen atoms in total. The van der Waals surface area contributed by atoms with Crippen LogP contribution in [0.5, 0.6) is 0 Å². The van der Waals surface area contributed by atoms with Gasteiger partial charge in [-0.25, -0.2) is 9.98 Å². The molecule has 0 fully saturated rings. The van der Waals surface area contributed by atoms with Crippen LogP contribution in [0.3, 0.4) is 0 Å². The van der Waals surface area contributed by atoms with Crippen LogP contribution < -0.4 is 10.6 Å². The number of nitrogens with zero attached hydrogens (tertiary/aromatic N) is 3. The molecule has 1 aromatic carbocycles. The van der Waals surface area contributed by atoms with Crippen LogP contribution in [0.25, 0.3) is 0 Å². The number of benzene rings is 1. The third-order valence-corrected chi connectivity index (χ3v) is 3.97. The third-order valence-electron chi connectivity index (χ3n) is 3.97. The van der Waals surface area contributed by atoms with Gasteiger partial charge in [-0.1, -0.05) is 44.2 Å². The standard InChI is InChI=1S/C20H31N5/c1-4-21-20(23-12-8-9-17(2)3)24-15-19-22-13-14-25(19)16-18-10-6-5-7-11-18/h5-7,10-11,13-14,17H,4,8-9,12,15-16H2,1-3H3,(H2,21,23,24). The van der Waals surface area contributed by atoms with Crippen molar-refractivity contribution in [2.24, 2.45) is 10.9 Å². The SMILES string of the molecule is CCNC(=NCc1nccn1Cc1ccccc1)NCCCC(C)C. The number of nitrogens with one attached hydrogen (secondary N) is 2. The van der Waals surface area contributed by atoms with E-state index in [4.69, 9.17) is 0 Å². The van der Waals surface area contributed by atoms with E-state index in [0.29, 0.717) is 6.54 Å². The number of aliphatic imine (C=N–C) groups is 1. The largest absolute Gasteiger partial charge is 0.357 e. The number of aromatic nitrogens is 2. The van der Waals surface area contributed by atoms with Crippen molar-refractivity contribution >= 4 is 5.96 Å². The summed E-state index contributed by atoms with van der Waals surface area (Å²) in [5, 5.41) is 6.71. The van der Waals surface area contributed by atoms with E-state index in [0.717, 1.165) is 43.8 Å². The topological polar surface area (TPSA) is 54.2 Å². The fraction of sp³-hybridized carbons (Fsp3) is 0.500. The zero-order valence-corrected chi connectivity index (χ0v) is 15.7. The molecule has 0 radical (unpaired) electrons. The van der Waals surface area contributed by atoms with Gasteiger partial charge < -0.3 is 15.2 Å². The summed E-state index contributed by atoms with van der Waals surface area (Å²) in [4.78, 5) is 9.15. The lowest BCUT2D eigenvalue weighted by molar-refractivity contribution is 0.549. The Morgan fingerprint density at radius 2 is 2.00 bits per heavy atom. The van der Waals surface area contributed by atoms with E-state index in [-0.39, 0.29) is 0 Å². The Kier molecular flexibility index (Phi) is 8.02. The highest BCUT2D eigenvalue weighted by Gasteiger charge is 2.04. The first-order chi connectivity index (χ1) is 12.2. The van der Waals surface area contributed by atoms with Gasteiger partial charge in [0.2, 0.25) is 0 Å². The number of hydrogen-bond acceptors (Lipinski definition) is 2. The minimum Gasteiger partial charge on any atom is -0.357 e. The smallest absolute Gasteiger partial charge is 0.191 e. The molecule has 0 saturated heterocycles. The summed E-state index contributed by atoms with van der Waals surface area (Å²) in [5.41, 5.74) is 1.27. The van der Waals surface area contributed by atoms with E-state index in [1.54, 1.807) is 0 Å². The van der Waals surface area contributed by atoms with E-state index in [2.05, 4.69) is 70.2 Å². The molecule has 5 heteroatoms. The van der Waals surface area contributed by atoms with Gasteiger partial charge >= 0.3 is 0 Å². The molecule has 0 atom stereocenters. The van der Waals surface area contributed by atoms with Gasteiger partial charge in [-0.2, -0.15) is 0 Å². The molecule has 0 spiro atoms. The summed E-state index contributed by atoms with van der Waals surface area (Å²) < 4.78 is 2.15. The van der Waals surface area contributed by atoms with Gasteiger partial charge in [-0.3, -0.25) is 0 Å². The highest BCUT2D eigenvalue weighted by Crippen LogP contribution is 2.06. The predicted molar refractivity (Wildman–Crippen MR) is 105 cm³/mol. The van der Waals surface area contributed by atoms with Gasteiger partial charge in [0, 0.05) is 32.0 Å². The Hall–Kier alpha value is -2.30. The Morgan fingerprint density at radius 1 is 1.20 bits per heavy atom. The maximum absolute atomic E-state index is 4.69. The highest BCUT2D eigenvalue weighted by atomic mass is 15.2. The summed E-state index contributed by atoms with van der Waals surface area (Å²) in [5.74, 6) is 2.58. The Balaban J connectivity index is 1.92. The summed E-state index contributed by atoms with van der Waals surface area (Å²) in [6.45, 7) is 9.79. The normalized spacial score (nSPS) is 11.8. The van der Waals surface area contributed by atoms with Crippen LogP contribution in [-0.2, 0) is 13.1 Å². The number of hydrogen-bond donors (Lipinski definition) is 2. The molecule has 0 aliphatic heterocycles. The van der Waals surface area contributed by atoms with Gasteiger partial charge in [0.05, 0.1) is 0 Å². The van der Waals surface area contributed by atoms with Gasteiger partial charge in [0.15, 0.2) is 5.96 Å². The molecule has 2 rings (SSSR count). The fourth-order valence-electron chi connectivity index (χ4n) is 2.62. The van der Waals surface area contributed by atoms with Gasteiger partial charge in [0.25, 0.3) is 0 Å². The number of rotatable bonds is 9. The zero-order valence-electron chi connectivity index (χ0n) is 15.7. The minimum atomic E-state index is 0.569. The lowest BCUT2D eigenvalue weighted by atomic mass is 10.1. The van der Waals surface area contributed by atoms with E-state index in [1.807, 2.05) is 18.5 Å². The summed E-state index contributed by atoms with van der Waals surface area (Å²) in [6, 6.07) is 10.4. The van der Waals surface area contributed by atoms with E-state index in [1.165, 1.54) is 12.0 Å². The molecule has 2 aromatic rings. The summed E-state index contributed by atoms with van der Waals surface area (Å²) >= 11 is 0. The Bertz CT molecular complexity index is 631. The maximum Gasteiger partial charge on any atom is 0.191 e. The lowest BCUT2D eigenvalue weighted by Gasteiger charge is -2.12. The minimum absolute atomic E-state index is 0.569.